The van der Waals surface area contributed by atoms with Crippen molar-refractivity contribution in [2.45, 2.75) is 18.1 Å². The first-order chi connectivity index (χ1) is 13.4. The Hall–Kier alpha value is -2.59. The standard InChI is InChI=1S/C21H19ClN2O4/c1-24-8-7-21(26,20(24)25)6-5-14-3-2-4-15(9-14)18-10-16(11-19(22)23-18)28-17-12-27-13-17/h2-4,9-11,17,26H,7-8,12-13H2,1H3. The van der Waals surface area contributed by atoms with Crippen LogP contribution in [-0.2, 0) is 9.53 Å². The highest BCUT2D eigenvalue weighted by atomic mass is 35.5. The first kappa shape index (κ1) is 18.8. The van der Waals surface area contributed by atoms with Gasteiger partial charge in [0.15, 0.2) is 0 Å². The molecule has 144 valence electrons. The molecule has 2 aliphatic heterocycles. The number of carbonyl (C=O) groups excluding carboxylic acids is 1. The first-order valence-corrected chi connectivity index (χ1v) is 9.34. The summed E-state index contributed by atoms with van der Waals surface area (Å²) in [5.74, 6) is 5.91. The number of nitrogens with zero attached hydrogens (tertiary/aromatic N) is 2. The average Bonchev–Trinajstić information content (AvgIpc) is 2.91. The molecule has 0 saturated carbocycles. The molecule has 1 aromatic carbocycles. The minimum atomic E-state index is -1.62. The number of likely N-dealkylation sites (N-methyl/N-ethyl adjacent to an activating group) is 1. The third-order valence-corrected chi connectivity index (χ3v) is 4.95. The highest BCUT2D eigenvalue weighted by Gasteiger charge is 2.42. The Morgan fingerprint density at radius 2 is 2.18 bits per heavy atom. The third kappa shape index (κ3) is 3.83. The van der Waals surface area contributed by atoms with Crippen molar-refractivity contribution in [1.82, 2.24) is 9.88 Å². The second kappa shape index (κ2) is 7.44. The summed E-state index contributed by atoms with van der Waals surface area (Å²) >= 11 is 6.15. The van der Waals surface area contributed by atoms with Crippen molar-refractivity contribution in [3.8, 4) is 28.8 Å². The van der Waals surface area contributed by atoms with Gasteiger partial charge in [0.1, 0.15) is 17.0 Å². The lowest BCUT2D eigenvalue weighted by atomic mass is 10.0. The molecule has 7 heteroatoms. The number of ether oxygens (including phenoxy) is 2. The number of hydrogen-bond acceptors (Lipinski definition) is 5. The van der Waals surface area contributed by atoms with Gasteiger partial charge in [0.25, 0.3) is 5.91 Å². The Morgan fingerprint density at radius 1 is 1.36 bits per heavy atom. The van der Waals surface area contributed by atoms with Crippen LogP contribution in [-0.4, -0.2) is 59.4 Å². The minimum absolute atomic E-state index is 0.0336. The number of pyridine rings is 1. The van der Waals surface area contributed by atoms with Gasteiger partial charge in [-0.1, -0.05) is 35.6 Å². The fourth-order valence-electron chi connectivity index (χ4n) is 3.07. The molecule has 1 amide bonds. The molecule has 2 aromatic rings. The van der Waals surface area contributed by atoms with E-state index >= 15 is 0 Å². The summed E-state index contributed by atoms with van der Waals surface area (Å²) in [6, 6.07) is 10.9. The van der Waals surface area contributed by atoms with Crippen molar-refractivity contribution in [3.63, 3.8) is 0 Å². The smallest absolute Gasteiger partial charge is 0.267 e. The van der Waals surface area contributed by atoms with E-state index in [4.69, 9.17) is 21.1 Å². The summed E-state index contributed by atoms with van der Waals surface area (Å²) in [7, 11) is 1.66. The predicted octanol–water partition coefficient (Wildman–Crippen LogP) is 2.12. The summed E-state index contributed by atoms with van der Waals surface area (Å²) in [6.07, 6.45) is 0.336. The molecule has 2 aliphatic rings. The van der Waals surface area contributed by atoms with Crippen LogP contribution in [0.2, 0.25) is 5.15 Å². The van der Waals surface area contributed by atoms with Crippen LogP contribution in [0.5, 0.6) is 5.75 Å². The van der Waals surface area contributed by atoms with Crippen LogP contribution < -0.4 is 4.74 Å². The molecule has 3 heterocycles. The second-order valence-corrected chi connectivity index (χ2v) is 7.34. The number of aliphatic hydroxyl groups is 1. The molecule has 0 aliphatic carbocycles. The number of likely N-dealkylation sites (tertiary alicyclic amines) is 1. The molecule has 4 rings (SSSR count). The summed E-state index contributed by atoms with van der Waals surface area (Å²) in [5.41, 5.74) is 0.517. The molecule has 2 saturated heterocycles. The monoisotopic (exact) mass is 398 g/mol. The van der Waals surface area contributed by atoms with Crippen LogP contribution in [0.1, 0.15) is 12.0 Å². The van der Waals surface area contributed by atoms with Crippen molar-refractivity contribution in [3.05, 3.63) is 47.1 Å². The number of hydrogen-bond donors (Lipinski definition) is 1. The van der Waals surface area contributed by atoms with Gasteiger partial charge >= 0.3 is 0 Å². The van der Waals surface area contributed by atoms with E-state index in [1.165, 1.54) is 4.90 Å². The normalized spacial score (nSPS) is 21.8. The highest BCUT2D eigenvalue weighted by molar-refractivity contribution is 6.29. The number of amides is 1. The van der Waals surface area contributed by atoms with E-state index in [-0.39, 0.29) is 12.0 Å². The van der Waals surface area contributed by atoms with E-state index in [0.717, 1.165) is 5.56 Å². The van der Waals surface area contributed by atoms with Crippen molar-refractivity contribution in [2.75, 3.05) is 26.8 Å². The molecule has 6 nitrogen and oxygen atoms in total. The zero-order valence-corrected chi connectivity index (χ0v) is 16.1. The average molecular weight is 399 g/mol. The number of carbonyl (C=O) groups is 1. The SMILES string of the molecule is CN1CCC(O)(C#Cc2cccc(-c3cc(OC4COC4)cc(Cl)n3)c2)C1=O. The maximum Gasteiger partial charge on any atom is 0.267 e. The van der Waals surface area contributed by atoms with Crippen molar-refractivity contribution in [1.29, 1.82) is 0 Å². The molecular formula is C21H19ClN2O4. The minimum Gasteiger partial charge on any atom is -0.485 e. The van der Waals surface area contributed by atoms with Gasteiger partial charge < -0.3 is 19.5 Å². The summed E-state index contributed by atoms with van der Waals surface area (Å²) in [4.78, 5) is 17.9. The molecule has 1 N–H and O–H groups in total. The predicted molar refractivity (Wildman–Crippen MR) is 104 cm³/mol. The fraction of sp³-hybridized carbons (Fsp3) is 0.333. The summed E-state index contributed by atoms with van der Waals surface area (Å²) in [5, 5.41) is 10.8. The molecule has 0 bridgehead atoms. The lowest BCUT2D eigenvalue weighted by Crippen LogP contribution is -2.38. The van der Waals surface area contributed by atoms with Crippen LogP contribution in [0, 0.1) is 11.8 Å². The van der Waals surface area contributed by atoms with Gasteiger partial charge in [-0.2, -0.15) is 0 Å². The van der Waals surface area contributed by atoms with Crippen molar-refractivity contribution < 1.29 is 19.4 Å². The number of rotatable bonds is 3. The van der Waals surface area contributed by atoms with E-state index in [9.17, 15) is 9.90 Å². The van der Waals surface area contributed by atoms with Crippen LogP contribution in [0.4, 0.5) is 0 Å². The molecule has 0 spiro atoms. The number of benzene rings is 1. The maximum absolute atomic E-state index is 12.1. The van der Waals surface area contributed by atoms with Gasteiger partial charge in [0, 0.05) is 43.3 Å². The van der Waals surface area contributed by atoms with Gasteiger partial charge in [-0.3, -0.25) is 4.79 Å². The number of halogens is 1. The largest absolute Gasteiger partial charge is 0.485 e. The van der Waals surface area contributed by atoms with E-state index in [1.807, 2.05) is 30.3 Å². The van der Waals surface area contributed by atoms with E-state index in [1.54, 1.807) is 13.1 Å². The Morgan fingerprint density at radius 3 is 2.86 bits per heavy atom. The highest BCUT2D eigenvalue weighted by Crippen LogP contribution is 2.27. The van der Waals surface area contributed by atoms with Crippen LogP contribution in [0.15, 0.2) is 36.4 Å². The first-order valence-electron chi connectivity index (χ1n) is 8.96. The molecule has 0 radical (unpaired) electrons. The molecule has 28 heavy (non-hydrogen) atoms. The van der Waals surface area contributed by atoms with E-state index in [0.29, 0.717) is 48.3 Å². The quantitative estimate of drug-likeness (QED) is 0.633. The van der Waals surface area contributed by atoms with Gasteiger partial charge in [-0.15, -0.1) is 0 Å². The van der Waals surface area contributed by atoms with Crippen molar-refractivity contribution in [2.24, 2.45) is 0 Å². The van der Waals surface area contributed by atoms with Gasteiger partial charge in [-0.25, -0.2) is 4.98 Å². The van der Waals surface area contributed by atoms with Crippen LogP contribution >= 0.6 is 11.6 Å². The Kier molecular flexibility index (Phi) is 4.98. The van der Waals surface area contributed by atoms with Crippen molar-refractivity contribution >= 4 is 17.5 Å². The molecule has 1 unspecified atom stereocenters. The number of aromatic nitrogens is 1. The zero-order valence-electron chi connectivity index (χ0n) is 15.3. The van der Waals surface area contributed by atoms with Crippen LogP contribution in [0.3, 0.4) is 0 Å². The molecular weight excluding hydrogens is 380 g/mol. The van der Waals surface area contributed by atoms with Crippen LogP contribution in [0.25, 0.3) is 11.3 Å². The summed E-state index contributed by atoms with van der Waals surface area (Å²) in [6.45, 7) is 1.62. The third-order valence-electron chi connectivity index (χ3n) is 4.76. The second-order valence-electron chi connectivity index (χ2n) is 6.96. The lowest BCUT2D eigenvalue weighted by molar-refractivity contribution is -0.137. The Labute approximate surface area is 168 Å². The molecule has 2 fully saturated rings. The van der Waals surface area contributed by atoms with E-state index < -0.39 is 5.60 Å². The topological polar surface area (TPSA) is 71.9 Å². The zero-order chi connectivity index (χ0) is 19.7. The maximum atomic E-state index is 12.1. The fourth-order valence-corrected chi connectivity index (χ4v) is 3.26. The summed E-state index contributed by atoms with van der Waals surface area (Å²) < 4.78 is 10.9. The Balaban J connectivity index is 1.59. The Bertz CT molecular complexity index is 980. The lowest BCUT2D eigenvalue weighted by Gasteiger charge is -2.26. The molecule has 1 aromatic heterocycles. The van der Waals surface area contributed by atoms with E-state index in [2.05, 4.69) is 16.8 Å². The van der Waals surface area contributed by atoms with Gasteiger partial charge in [0.2, 0.25) is 5.60 Å². The van der Waals surface area contributed by atoms with Gasteiger partial charge in [-0.05, 0) is 12.1 Å². The van der Waals surface area contributed by atoms with Gasteiger partial charge in [0.05, 0.1) is 18.9 Å². The molecule has 1 atom stereocenters.